The first-order chi connectivity index (χ1) is 6.40. The number of allylic oxidation sites excluding steroid dienone is 1. The lowest BCUT2D eigenvalue weighted by molar-refractivity contribution is 0.452. The number of hydrogen-bond donors (Lipinski definition) is 0. The fourth-order valence-corrected chi connectivity index (χ4v) is 1.67. The predicted molar refractivity (Wildman–Crippen MR) is 53.8 cm³/mol. The summed E-state index contributed by atoms with van der Waals surface area (Å²) in [5.41, 5.74) is 2.72. The van der Waals surface area contributed by atoms with E-state index in [0.717, 1.165) is 18.6 Å². The van der Waals surface area contributed by atoms with Gasteiger partial charge in [0.1, 0.15) is 5.75 Å². The van der Waals surface area contributed by atoms with Gasteiger partial charge in [-0.05, 0) is 23.6 Å². The van der Waals surface area contributed by atoms with Crippen LogP contribution < -0.4 is 4.74 Å². The zero-order valence-corrected chi connectivity index (χ0v) is 7.92. The summed E-state index contributed by atoms with van der Waals surface area (Å²) < 4.78 is 5.53. The highest BCUT2D eigenvalue weighted by molar-refractivity contribution is 5.39. The van der Waals surface area contributed by atoms with E-state index in [0.29, 0.717) is 0 Å². The molecule has 0 saturated carbocycles. The third-order valence-corrected chi connectivity index (χ3v) is 2.31. The van der Waals surface area contributed by atoms with E-state index in [9.17, 15) is 0 Å². The van der Waals surface area contributed by atoms with Gasteiger partial charge in [0.25, 0.3) is 0 Å². The van der Waals surface area contributed by atoms with Crippen molar-refractivity contribution in [3.05, 3.63) is 41.7 Å². The molecule has 0 radical (unpaired) electrons. The van der Waals surface area contributed by atoms with E-state index in [2.05, 4.69) is 19.1 Å². The van der Waals surface area contributed by atoms with Gasteiger partial charge >= 0.3 is 0 Å². The Kier molecular flexibility index (Phi) is 2.35. The number of fused-ring (bicyclic) bond motifs is 1. The first kappa shape index (κ1) is 8.36. The molecule has 1 aromatic rings. The average molecular weight is 174 g/mol. The summed E-state index contributed by atoms with van der Waals surface area (Å²) >= 11 is 0. The molecule has 1 aromatic carbocycles. The van der Waals surface area contributed by atoms with E-state index in [-0.39, 0.29) is 0 Å². The molecule has 1 heterocycles. The molecule has 0 bridgehead atoms. The van der Waals surface area contributed by atoms with Crippen LogP contribution in [0.15, 0.2) is 36.1 Å². The summed E-state index contributed by atoms with van der Waals surface area (Å²) in [6.07, 6.45) is 5.31. The summed E-state index contributed by atoms with van der Waals surface area (Å²) in [5, 5.41) is 0. The van der Waals surface area contributed by atoms with Crippen molar-refractivity contribution in [2.24, 2.45) is 0 Å². The van der Waals surface area contributed by atoms with Gasteiger partial charge in [0, 0.05) is 6.42 Å². The Morgan fingerprint density at radius 2 is 2.15 bits per heavy atom. The van der Waals surface area contributed by atoms with Gasteiger partial charge in [-0.15, -0.1) is 0 Å². The SMILES string of the molecule is CCCC1=COc2ccccc2C1. The van der Waals surface area contributed by atoms with Crippen LogP contribution in [-0.2, 0) is 6.42 Å². The molecule has 13 heavy (non-hydrogen) atoms. The van der Waals surface area contributed by atoms with Gasteiger partial charge in [0.15, 0.2) is 0 Å². The molecule has 0 amide bonds. The van der Waals surface area contributed by atoms with Crippen LogP contribution in [-0.4, -0.2) is 0 Å². The molecule has 0 spiro atoms. The van der Waals surface area contributed by atoms with E-state index < -0.39 is 0 Å². The smallest absolute Gasteiger partial charge is 0.130 e. The van der Waals surface area contributed by atoms with Crippen molar-refractivity contribution < 1.29 is 4.74 Å². The third kappa shape index (κ3) is 1.74. The van der Waals surface area contributed by atoms with Crippen molar-refractivity contribution in [3.63, 3.8) is 0 Å². The van der Waals surface area contributed by atoms with Gasteiger partial charge in [0.2, 0.25) is 0 Å². The molecule has 1 nitrogen and oxygen atoms in total. The van der Waals surface area contributed by atoms with Crippen LogP contribution >= 0.6 is 0 Å². The van der Waals surface area contributed by atoms with Crippen molar-refractivity contribution in [3.8, 4) is 5.75 Å². The molecule has 0 fully saturated rings. The van der Waals surface area contributed by atoms with Crippen LogP contribution in [0.1, 0.15) is 25.3 Å². The Bertz CT molecular complexity index is 326. The van der Waals surface area contributed by atoms with Crippen LogP contribution in [0.4, 0.5) is 0 Å². The monoisotopic (exact) mass is 174 g/mol. The summed E-state index contributed by atoms with van der Waals surface area (Å²) in [6, 6.07) is 8.24. The van der Waals surface area contributed by atoms with Gasteiger partial charge in [-0.1, -0.05) is 31.5 Å². The van der Waals surface area contributed by atoms with Crippen LogP contribution in [0.25, 0.3) is 0 Å². The molecule has 1 aliphatic rings. The van der Waals surface area contributed by atoms with Gasteiger partial charge in [-0.3, -0.25) is 0 Å². The normalized spacial score (nSPS) is 14.4. The highest BCUT2D eigenvalue weighted by Gasteiger charge is 2.10. The van der Waals surface area contributed by atoms with Crippen LogP contribution in [0.3, 0.4) is 0 Å². The Morgan fingerprint density at radius 1 is 1.31 bits per heavy atom. The van der Waals surface area contributed by atoms with E-state index in [1.807, 2.05) is 18.4 Å². The Labute approximate surface area is 79.0 Å². The summed E-state index contributed by atoms with van der Waals surface area (Å²) in [7, 11) is 0. The molecule has 68 valence electrons. The minimum Gasteiger partial charge on any atom is -0.465 e. The Balaban J connectivity index is 2.18. The average Bonchev–Trinajstić information content (AvgIpc) is 2.18. The van der Waals surface area contributed by atoms with Crippen molar-refractivity contribution in [1.29, 1.82) is 0 Å². The first-order valence-electron chi connectivity index (χ1n) is 4.82. The maximum Gasteiger partial charge on any atom is 0.130 e. The van der Waals surface area contributed by atoms with Crippen molar-refractivity contribution in [1.82, 2.24) is 0 Å². The largest absolute Gasteiger partial charge is 0.465 e. The molecule has 1 heteroatoms. The maximum atomic E-state index is 5.53. The first-order valence-corrected chi connectivity index (χ1v) is 4.82. The second-order valence-corrected chi connectivity index (χ2v) is 3.43. The molecule has 0 atom stereocenters. The Morgan fingerprint density at radius 3 is 3.00 bits per heavy atom. The molecule has 0 aliphatic carbocycles. The molecule has 2 rings (SSSR count). The van der Waals surface area contributed by atoms with E-state index in [1.54, 1.807) is 0 Å². The predicted octanol–water partition coefficient (Wildman–Crippen LogP) is 3.31. The quantitative estimate of drug-likeness (QED) is 0.668. The van der Waals surface area contributed by atoms with Crippen molar-refractivity contribution in [2.75, 3.05) is 0 Å². The summed E-state index contributed by atoms with van der Waals surface area (Å²) in [6.45, 7) is 2.20. The zero-order valence-electron chi connectivity index (χ0n) is 7.92. The zero-order chi connectivity index (χ0) is 9.10. The molecular formula is C12H14O. The lowest BCUT2D eigenvalue weighted by Crippen LogP contribution is -2.02. The van der Waals surface area contributed by atoms with Gasteiger partial charge < -0.3 is 4.74 Å². The number of para-hydroxylation sites is 1. The van der Waals surface area contributed by atoms with E-state index in [4.69, 9.17) is 4.74 Å². The minimum absolute atomic E-state index is 1.02. The third-order valence-electron chi connectivity index (χ3n) is 2.31. The van der Waals surface area contributed by atoms with Gasteiger partial charge in [0.05, 0.1) is 6.26 Å². The highest BCUT2D eigenvalue weighted by Crippen LogP contribution is 2.27. The molecule has 0 aromatic heterocycles. The number of ether oxygens (including phenoxy) is 1. The van der Waals surface area contributed by atoms with Crippen LogP contribution in [0.5, 0.6) is 5.75 Å². The highest BCUT2D eigenvalue weighted by atomic mass is 16.5. The molecule has 1 aliphatic heterocycles. The van der Waals surface area contributed by atoms with E-state index in [1.165, 1.54) is 17.6 Å². The molecule has 0 N–H and O–H groups in total. The molecule has 0 unspecified atom stereocenters. The van der Waals surface area contributed by atoms with Gasteiger partial charge in [-0.25, -0.2) is 0 Å². The molecule has 0 saturated heterocycles. The lowest BCUT2D eigenvalue weighted by Gasteiger charge is -2.16. The lowest BCUT2D eigenvalue weighted by atomic mass is 10.0. The fraction of sp³-hybridized carbons (Fsp3) is 0.333. The maximum absolute atomic E-state index is 5.53. The second-order valence-electron chi connectivity index (χ2n) is 3.43. The second kappa shape index (κ2) is 3.65. The number of benzene rings is 1. The molecular weight excluding hydrogens is 160 g/mol. The fourth-order valence-electron chi connectivity index (χ4n) is 1.67. The summed E-state index contributed by atoms with van der Waals surface area (Å²) in [4.78, 5) is 0. The Hall–Kier alpha value is -1.24. The summed E-state index contributed by atoms with van der Waals surface area (Å²) in [5.74, 6) is 1.02. The van der Waals surface area contributed by atoms with E-state index >= 15 is 0 Å². The standard InChI is InChI=1S/C12H14O/c1-2-5-10-8-11-6-3-4-7-12(11)13-9-10/h3-4,6-7,9H,2,5,8H2,1H3. The number of rotatable bonds is 2. The van der Waals surface area contributed by atoms with Crippen molar-refractivity contribution >= 4 is 0 Å². The number of hydrogen-bond acceptors (Lipinski definition) is 1. The van der Waals surface area contributed by atoms with Crippen molar-refractivity contribution in [2.45, 2.75) is 26.2 Å². The topological polar surface area (TPSA) is 9.23 Å². The van der Waals surface area contributed by atoms with Crippen LogP contribution in [0, 0.1) is 0 Å². The van der Waals surface area contributed by atoms with Gasteiger partial charge in [-0.2, -0.15) is 0 Å². The minimum atomic E-state index is 1.02. The van der Waals surface area contributed by atoms with Crippen LogP contribution in [0.2, 0.25) is 0 Å².